The van der Waals surface area contributed by atoms with Crippen molar-refractivity contribution in [2.75, 3.05) is 5.32 Å². The van der Waals surface area contributed by atoms with Crippen LogP contribution in [-0.4, -0.2) is 10.2 Å². The molecular weight excluding hydrogens is 250 g/mol. The van der Waals surface area contributed by atoms with Crippen LogP contribution < -0.4 is 5.32 Å². The highest BCUT2D eigenvalue weighted by Gasteiger charge is 2.04. The Morgan fingerprint density at radius 2 is 1.75 bits per heavy atom. The summed E-state index contributed by atoms with van der Waals surface area (Å²) in [6, 6.07) is 13.0. The fourth-order valence-electron chi connectivity index (χ4n) is 2.06. The summed E-state index contributed by atoms with van der Waals surface area (Å²) in [5.74, 6) is 0.753. The molecule has 0 saturated carbocycles. The molecule has 2 aromatic carbocycles. The number of phenols is 2. The molecule has 0 aromatic heterocycles. The Kier molecular flexibility index (Phi) is 4.51. The molecule has 2 rings (SSSR count). The fourth-order valence-corrected chi connectivity index (χ4v) is 2.06. The van der Waals surface area contributed by atoms with E-state index >= 15 is 0 Å². The van der Waals surface area contributed by atoms with Crippen LogP contribution in [-0.2, 0) is 6.54 Å². The molecule has 0 fully saturated rings. The second kappa shape index (κ2) is 6.33. The highest BCUT2D eigenvalue weighted by Crippen LogP contribution is 2.24. The highest BCUT2D eigenvalue weighted by molar-refractivity contribution is 5.47. The van der Waals surface area contributed by atoms with Gasteiger partial charge in [0.2, 0.25) is 0 Å². The van der Waals surface area contributed by atoms with Gasteiger partial charge in [0.25, 0.3) is 0 Å². The minimum absolute atomic E-state index is 0.0733. The van der Waals surface area contributed by atoms with Gasteiger partial charge >= 0.3 is 0 Å². The fraction of sp³-hybridized carbons (Fsp3) is 0.294. The third-order valence-corrected chi connectivity index (χ3v) is 3.64. The second-order valence-electron chi connectivity index (χ2n) is 5.10. The summed E-state index contributed by atoms with van der Waals surface area (Å²) in [6.45, 7) is 4.93. The number of aromatic hydroxyl groups is 2. The molecule has 1 unspecified atom stereocenters. The van der Waals surface area contributed by atoms with Crippen molar-refractivity contribution in [2.24, 2.45) is 0 Å². The Morgan fingerprint density at radius 1 is 1.05 bits per heavy atom. The van der Waals surface area contributed by atoms with Gasteiger partial charge in [0.05, 0.1) is 0 Å². The average Bonchev–Trinajstić information content (AvgIpc) is 2.46. The summed E-state index contributed by atoms with van der Waals surface area (Å²) in [4.78, 5) is 0. The van der Waals surface area contributed by atoms with Crippen molar-refractivity contribution in [3.05, 3.63) is 53.6 Å². The van der Waals surface area contributed by atoms with E-state index in [1.807, 2.05) is 0 Å². The van der Waals surface area contributed by atoms with Crippen molar-refractivity contribution in [1.29, 1.82) is 0 Å². The van der Waals surface area contributed by atoms with Crippen LogP contribution in [0, 0.1) is 0 Å². The molecule has 106 valence electrons. The Hall–Kier alpha value is -2.16. The number of anilines is 1. The van der Waals surface area contributed by atoms with Gasteiger partial charge in [-0.1, -0.05) is 26.0 Å². The van der Waals surface area contributed by atoms with E-state index in [-0.39, 0.29) is 11.5 Å². The lowest BCUT2D eigenvalue weighted by Gasteiger charge is -2.12. The van der Waals surface area contributed by atoms with Crippen LogP contribution >= 0.6 is 0 Å². The minimum Gasteiger partial charge on any atom is -0.508 e. The predicted molar refractivity (Wildman–Crippen MR) is 82.2 cm³/mol. The van der Waals surface area contributed by atoms with E-state index in [1.165, 1.54) is 11.6 Å². The molecule has 0 radical (unpaired) electrons. The molecule has 20 heavy (non-hydrogen) atoms. The maximum Gasteiger partial charge on any atom is 0.124 e. The van der Waals surface area contributed by atoms with E-state index in [0.717, 1.165) is 17.7 Å². The van der Waals surface area contributed by atoms with E-state index < -0.39 is 0 Å². The van der Waals surface area contributed by atoms with E-state index in [9.17, 15) is 10.2 Å². The monoisotopic (exact) mass is 271 g/mol. The first kappa shape index (κ1) is 14.3. The van der Waals surface area contributed by atoms with Crippen LogP contribution in [0.4, 0.5) is 5.69 Å². The normalized spacial score (nSPS) is 12.1. The largest absolute Gasteiger partial charge is 0.508 e. The van der Waals surface area contributed by atoms with Crippen LogP contribution in [0.1, 0.15) is 37.3 Å². The zero-order valence-corrected chi connectivity index (χ0v) is 11.9. The number of nitrogens with one attached hydrogen (secondary N) is 1. The van der Waals surface area contributed by atoms with Crippen LogP contribution in [0.5, 0.6) is 11.5 Å². The maximum absolute atomic E-state index is 9.72. The van der Waals surface area contributed by atoms with Gasteiger partial charge in [0, 0.05) is 23.9 Å². The molecule has 3 heteroatoms. The molecule has 0 aliphatic rings. The highest BCUT2D eigenvalue weighted by atomic mass is 16.3. The average molecular weight is 271 g/mol. The van der Waals surface area contributed by atoms with Crippen molar-refractivity contribution < 1.29 is 10.2 Å². The minimum atomic E-state index is 0.0733. The van der Waals surface area contributed by atoms with Gasteiger partial charge in [0.1, 0.15) is 11.5 Å². The molecule has 0 spiro atoms. The molecule has 3 nitrogen and oxygen atoms in total. The van der Waals surface area contributed by atoms with Crippen LogP contribution in [0.15, 0.2) is 42.5 Å². The predicted octanol–water partition coefficient (Wildman–Crippen LogP) is 4.22. The Labute approximate surface area is 119 Å². The van der Waals surface area contributed by atoms with Crippen molar-refractivity contribution in [1.82, 2.24) is 0 Å². The lowest BCUT2D eigenvalue weighted by atomic mass is 9.98. The van der Waals surface area contributed by atoms with E-state index in [0.29, 0.717) is 12.5 Å². The first-order chi connectivity index (χ1) is 9.60. The lowest BCUT2D eigenvalue weighted by Crippen LogP contribution is -2.00. The first-order valence-corrected chi connectivity index (χ1v) is 6.95. The Bertz CT molecular complexity index is 564. The van der Waals surface area contributed by atoms with Gasteiger partial charge in [-0.15, -0.1) is 0 Å². The Balaban J connectivity index is 2.00. The van der Waals surface area contributed by atoms with Gasteiger partial charge in [0.15, 0.2) is 0 Å². The third kappa shape index (κ3) is 3.44. The van der Waals surface area contributed by atoms with E-state index in [4.69, 9.17) is 0 Å². The molecule has 0 aliphatic heterocycles. The maximum atomic E-state index is 9.72. The number of phenolic OH excluding ortho intramolecular Hbond substituents is 2. The smallest absolute Gasteiger partial charge is 0.124 e. The summed E-state index contributed by atoms with van der Waals surface area (Å²) in [7, 11) is 0. The summed E-state index contributed by atoms with van der Waals surface area (Å²) in [6.07, 6.45) is 1.13. The molecule has 0 bridgehead atoms. The van der Waals surface area contributed by atoms with E-state index in [2.05, 4.69) is 43.4 Å². The molecule has 2 aromatic rings. The summed E-state index contributed by atoms with van der Waals surface area (Å²) >= 11 is 0. The number of rotatable bonds is 5. The van der Waals surface area contributed by atoms with Gasteiger partial charge in [-0.3, -0.25) is 0 Å². The lowest BCUT2D eigenvalue weighted by molar-refractivity contribution is 0.446. The zero-order chi connectivity index (χ0) is 14.5. The van der Waals surface area contributed by atoms with Gasteiger partial charge < -0.3 is 15.5 Å². The summed E-state index contributed by atoms with van der Waals surface area (Å²) < 4.78 is 0. The summed E-state index contributed by atoms with van der Waals surface area (Å²) in [5, 5.41) is 22.2. The molecule has 1 atom stereocenters. The zero-order valence-electron chi connectivity index (χ0n) is 11.9. The van der Waals surface area contributed by atoms with Gasteiger partial charge in [-0.25, -0.2) is 0 Å². The summed E-state index contributed by atoms with van der Waals surface area (Å²) in [5.41, 5.74) is 3.11. The molecule has 3 N–H and O–H groups in total. The van der Waals surface area contributed by atoms with E-state index in [1.54, 1.807) is 12.1 Å². The van der Waals surface area contributed by atoms with Gasteiger partial charge in [-0.05, 0) is 42.2 Å². The van der Waals surface area contributed by atoms with Crippen molar-refractivity contribution in [3.63, 3.8) is 0 Å². The number of hydrogen-bond donors (Lipinski definition) is 3. The Morgan fingerprint density at radius 3 is 2.35 bits per heavy atom. The van der Waals surface area contributed by atoms with Crippen molar-refractivity contribution in [2.45, 2.75) is 32.7 Å². The number of hydrogen-bond acceptors (Lipinski definition) is 3. The molecule has 0 saturated heterocycles. The molecule has 0 aliphatic carbocycles. The topological polar surface area (TPSA) is 52.5 Å². The van der Waals surface area contributed by atoms with Crippen LogP contribution in [0.25, 0.3) is 0 Å². The second-order valence-corrected chi connectivity index (χ2v) is 5.10. The first-order valence-electron chi connectivity index (χ1n) is 6.95. The van der Waals surface area contributed by atoms with Crippen molar-refractivity contribution in [3.8, 4) is 11.5 Å². The van der Waals surface area contributed by atoms with Crippen molar-refractivity contribution >= 4 is 5.69 Å². The molecule has 0 heterocycles. The SMILES string of the molecule is CCC(C)c1ccc(NCc2ccc(O)cc2O)cc1. The standard InChI is InChI=1S/C17H21NO2/c1-3-12(2)13-4-7-15(8-5-13)18-11-14-6-9-16(19)10-17(14)20/h4-10,12,18-20H,3,11H2,1-2H3. The molecule has 0 amide bonds. The molecular formula is C17H21NO2. The quantitative estimate of drug-likeness (QED) is 0.763. The third-order valence-electron chi connectivity index (χ3n) is 3.64. The van der Waals surface area contributed by atoms with Crippen LogP contribution in [0.3, 0.4) is 0 Å². The number of benzene rings is 2. The van der Waals surface area contributed by atoms with Crippen LogP contribution in [0.2, 0.25) is 0 Å². The van der Waals surface area contributed by atoms with Gasteiger partial charge in [-0.2, -0.15) is 0 Å².